The molecule has 0 aromatic heterocycles. The van der Waals surface area contributed by atoms with Gasteiger partial charge < -0.3 is 14.6 Å². The minimum absolute atomic E-state index is 0.0938. The number of carbonyl (C=O) groups is 3. The molecule has 0 heterocycles. The van der Waals surface area contributed by atoms with Crippen molar-refractivity contribution in [2.24, 2.45) is 0 Å². The number of carboxylic acids is 1. The number of ether oxygens (including phenoxy) is 2. The van der Waals surface area contributed by atoms with Gasteiger partial charge in [-0.05, 0) is 58.9 Å². The Bertz CT molecular complexity index is 1050. The number of carboxylic acid groups (broad SMARTS) is 1. The second-order valence-corrected chi connectivity index (χ2v) is 11.7. The van der Waals surface area contributed by atoms with Crippen molar-refractivity contribution in [3.05, 3.63) is 42.0 Å². The molecule has 0 bridgehead atoms. The zero-order valence-electron chi connectivity index (χ0n) is 19.7. The van der Waals surface area contributed by atoms with Crippen molar-refractivity contribution in [3.63, 3.8) is 0 Å². The van der Waals surface area contributed by atoms with Crippen LogP contribution in [0.5, 0.6) is 0 Å². The highest BCUT2D eigenvalue weighted by Gasteiger charge is 2.32. The molecular weight excluding hydrogens is 482 g/mol. The van der Waals surface area contributed by atoms with Crippen molar-refractivity contribution in [2.45, 2.75) is 55.6 Å². The van der Waals surface area contributed by atoms with Gasteiger partial charge in [-0.25, -0.2) is 18.0 Å². The number of aliphatic carboxylic acids is 1. The number of hydrogen-bond donors (Lipinski definition) is 1. The van der Waals surface area contributed by atoms with Crippen LogP contribution in [0.1, 0.15) is 45.0 Å². The molecule has 186 valence electrons. The lowest BCUT2D eigenvalue weighted by molar-refractivity contribution is -0.136. The van der Waals surface area contributed by atoms with Crippen molar-refractivity contribution in [2.75, 3.05) is 13.2 Å². The summed E-state index contributed by atoms with van der Waals surface area (Å²) in [7, 11) is -4.34. The van der Waals surface area contributed by atoms with Crippen molar-refractivity contribution < 1.29 is 37.4 Å². The Hall–Kier alpha value is -2.97. The van der Waals surface area contributed by atoms with E-state index in [1.54, 1.807) is 40.7 Å². The lowest BCUT2D eigenvalue weighted by atomic mass is 10.2. The molecule has 1 aromatic rings. The predicted molar refractivity (Wildman–Crippen MR) is 129 cm³/mol. The highest BCUT2D eigenvalue weighted by molar-refractivity contribution is 8.01. The van der Waals surface area contributed by atoms with Crippen molar-refractivity contribution in [1.82, 2.24) is 4.31 Å². The van der Waals surface area contributed by atoms with Crippen molar-refractivity contribution in [1.29, 1.82) is 0 Å². The van der Waals surface area contributed by atoms with E-state index in [4.69, 9.17) is 21.0 Å². The van der Waals surface area contributed by atoms with E-state index in [0.29, 0.717) is 4.31 Å². The number of esters is 1. The van der Waals surface area contributed by atoms with E-state index in [0.717, 1.165) is 11.8 Å². The largest absolute Gasteiger partial charge is 0.480 e. The molecular formula is C23H29NO8S2. The fourth-order valence-corrected chi connectivity index (χ4v) is 4.65. The Balaban J connectivity index is 3.16. The van der Waals surface area contributed by atoms with Crippen molar-refractivity contribution >= 4 is 39.8 Å². The van der Waals surface area contributed by atoms with E-state index in [-0.39, 0.29) is 28.9 Å². The summed E-state index contributed by atoms with van der Waals surface area (Å²) in [6.07, 6.45) is 7.04. The first-order valence-electron chi connectivity index (χ1n) is 10.2. The Labute approximate surface area is 204 Å². The van der Waals surface area contributed by atoms with Gasteiger partial charge in [0, 0.05) is 5.25 Å². The Kier molecular flexibility index (Phi) is 10.7. The molecule has 0 aliphatic rings. The van der Waals surface area contributed by atoms with E-state index < -0.39 is 38.9 Å². The SMILES string of the molecule is C#CCOC(=O)c1ccc(S(=O)(=O)N(C/C=C/C(C)SC(C)C(=O)O)C(=O)OC(C)(C)C)cc1. The van der Waals surface area contributed by atoms with Crippen LogP contribution in [0.3, 0.4) is 0 Å². The number of carbonyl (C=O) groups excluding carboxylic acids is 2. The molecule has 2 unspecified atom stereocenters. The molecule has 11 heteroatoms. The van der Waals surface area contributed by atoms with E-state index >= 15 is 0 Å². The Morgan fingerprint density at radius 1 is 1.21 bits per heavy atom. The highest BCUT2D eigenvalue weighted by atomic mass is 32.2. The van der Waals surface area contributed by atoms with Crippen LogP contribution in [0.15, 0.2) is 41.3 Å². The summed E-state index contributed by atoms with van der Waals surface area (Å²) in [4.78, 5) is 35.4. The number of sulfonamides is 1. The molecule has 1 aromatic carbocycles. The van der Waals surface area contributed by atoms with Gasteiger partial charge in [0.2, 0.25) is 0 Å². The average Bonchev–Trinajstić information content (AvgIpc) is 2.73. The molecule has 0 aliphatic heterocycles. The lowest BCUT2D eigenvalue weighted by Crippen LogP contribution is -2.41. The minimum Gasteiger partial charge on any atom is -0.480 e. The number of terminal acetylenes is 1. The summed E-state index contributed by atoms with van der Waals surface area (Å²) in [5.74, 6) is 0.484. The zero-order valence-corrected chi connectivity index (χ0v) is 21.3. The van der Waals surface area contributed by atoms with Gasteiger partial charge in [0.05, 0.1) is 22.3 Å². The maximum atomic E-state index is 13.2. The molecule has 0 spiro atoms. The molecule has 1 N–H and O–H groups in total. The normalized spacial score (nSPS) is 13.5. The monoisotopic (exact) mass is 511 g/mol. The summed E-state index contributed by atoms with van der Waals surface area (Å²) >= 11 is 1.16. The maximum Gasteiger partial charge on any atom is 0.424 e. The minimum atomic E-state index is -4.34. The molecule has 0 saturated heterocycles. The first kappa shape index (κ1) is 29.1. The van der Waals surface area contributed by atoms with Gasteiger partial charge in [-0.15, -0.1) is 18.2 Å². The van der Waals surface area contributed by atoms with E-state index in [1.165, 1.54) is 30.3 Å². The summed E-state index contributed by atoms with van der Waals surface area (Å²) in [6.45, 7) is 7.55. The third-order valence-electron chi connectivity index (χ3n) is 4.01. The summed E-state index contributed by atoms with van der Waals surface area (Å²) in [5.41, 5.74) is -0.851. The van der Waals surface area contributed by atoms with Crippen LogP contribution in [-0.4, -0.2) is 65.1 Å². The Morgan fingerprint density at radius 2 is 1.79 bits per heavy atom. The van der Waals surface area contributed by atoms with E-state index in [1.807, 2.05) is 0 Å². The van der Waals surface area contributed by atoms with Crippen LogP contribution >= 0.6 is 11.8 Å². The van der Waals surface area contributed by atoms with Gasteiger partial charge in [-0.1, -0.05) is 18.1 Å². The van der Waals surface area contributed by atoms with Crippen LogP contribution < -0.4 is 0 Å². The average molecular weight is 512 g/mol. The third kappa shape index (κ3) is 9.11. The zero-order chi connectivity index (χ0) is 26.1. The smallest absolute Gasteiger partial charge is 0.424 e. The molecule has 0 saturated carbocycles. The molecule has 2 atom stereocenters. The van der Waals surface area contributed by atoms with Crippen molar-refractivity contribution in [3.8, 4) is 12.3 Å². The number of benzene rings is 1. The molecule has 34 heavy (non-hydrogen) atoms. The number of hydrogen-bond acceptors (Lipinski definition) is 8. The number of nitrogens with zero attached hydrogens (tertiary/aromatic N) is 1. The quantitative estimate of drug-likeness (QED) is 0.285. The van der Waals surface area contributed by atoms with Gasteiger partial charge in [0.25, 0.3) is 10.0 Å². The second-order valence-electron chi connectivity index (χ2n) is 8.07. The highest BCUT2D eigenvalue weighted by Crippen LogP contribution is 2.22. The van der Waals surface area contributed by atoms with Gasteiger partial charge >= 0.3 is 18.0 Å². The summed E-state index contributed by atoms with van der Waals surface area (Å²) in [6, 6.07) is 4.85. The fraction of sp³-hybridized carbons (Fsp3) is 0.435. The van der Waals surface area contributed by atoms with Gasteiger partial charge in [0.1, 0.15) is 5.60 Å². The van der Waals surface area contributed by atoms with Gasteiger partial charge in [0.15, 0.2) is 6.61 Å². The topological polar surface area (TPSA) is 127 Å². The second kappa shape index (κ2) is 12.5. The van der Waals surface area contributed by atoms with Crippen LogP contribution in [0.2, 0.25) is 0 Å². The van der Waals surface area contributed by atoms with Crippen LogP contribution in [0.4, 0.5) is 4.79 Å². The van der Waals surface area contributed by atoms with Crippen LogP contribution in [0.25, 0.3) is 0 Å². The number of thioether (sulfide) groups is 1. The molecule has 1 amide bonds. The van der Waals surface area contributed by atoms with E-state index in [9.17, 15) is 22.8 Å². The lowest BCUT2D eigenvalue weighted by Gasteiger charge is -2.26. The predicted octanol–water partition coefficient (Wildman–Crippen LogP) is 3.55. The third-order valence-corrected chi connectivity index (χ3v) is 6.95. The van der Waals surface area contributed by atoms with E-state index in [2.05, 4.69) is 5.92 Å². The number of amides is 1. The van der Waals surface area contributed by atoms with Gasteiger partial charge in [-0.2, -0.15) is 4.31 Å². The molecule has 0 aliphatic carbocycles. The number of rotatable bonds is 10. The molecule has 0 radical (unpaired) electrons. The summed E-state index contributed by atoms with van der Waals surface area (Å²) in [5, 5.41) is 8.12. The summed E-state index contributed by atoms with van der Waals surface area (Å²) < 4.78 is 37.1. The molecule has 0 fully saturated rings. The molecule has 9 nitrogen and oxygen atoms in total. The Morgan fingerprint density at radius 3 is 2.29 bits per heavy atom. The molecule has 1 rings (SSSR count). The standard InChI is InChI=1S/C23H29NO8S2/c1-7-15-31-21(27)18-10-12-19(13-11-18)34(29,30)24(22(28)32-23(4,5)6)14-8-9-16(2)33-17(3)20(25)26/h1,8-13,16-17H,14-15H2,2-6H3,(H,25,26)/b9-8+. The fourth-order valence-electron chi connectivity index (χ4n) is 2.44. The van der Waals surface area contributed by atoms with Gasteiger partial charge in [-0.3, -0.25) is 4.79 Å². The first-order valence-corrected chi connectivity index (χ1v) is 12.6. The van der Waals surface area contributed by atoms with Crippen LogP contribution in [-0.2, 0) is 24.3 Å². The first-order chi connectivity index (χ1) is 15.7. The maximum absolute atomic E-state index is 13.2. The van der Waals surface area contributed by atoms with Crippen LogP contribution in [0, 0.1) is 12.3 Å².